The van der Waals surface area contributed by atoms with E-state index < -0.39 is 5.54 Å². The van der Waals surface area contributed by atoms with Gasteiger partial charge in [-0.2, -0.15) is 11.8 Å². The van der Waals surface area contributed by atoms with E-state index in [-0.39, 0.29) is 5.97 Å². The van der Waals surface area contributed by atoms with E-state index in [0.29, 0.717) is 12.7 Å². The van der Waals surface area contributed by atoms with Crippen LogP contribution in [0.5, 0.6) is 0 Å². The molecule has 5 heteroatoms. The van der Waals surface area contributed by atoms with Crippen LogP contribution in [0.25, 0.3) is 0 Å². The van der Waals surface area contributed by atoms with Gasteiger partial charge in [-0.05, 0) is 51.8 Å². The van der Waals surface area contributed by atoms with Crippen LogP contribution in [-0.2, 0) is 14.3 Å². The van der Waals surface area contributed by atoms with E-state index in [1.54, 1.807) is 0 Å². The van der Waals surface area contributed by atoms with Gasteiger partial charge in [0.15, 0.2) is 0 Å². The summed E-state index contributed by atoms with van der Waals surface area (Å²) in [6, 6.07) is 0. The van der Waals surface area contributed by atoms with Crippen molar-refractivity contribution >= 4 is 17.7 Å². The maximum absolute atomic E-state index is 12.0. The van der Waals surface area contributed by atoms with Crippen LogP contribution in [0.1, 0.15) is 52.9 Å². The van der Waals surface area contributed by atoms with Crippen LogP contribution in [-0.4, -0.2) is 48.9 Å². The van der Waals surface area contributed by atoms with Gasteiger partial charge in [0.25, 0.3) is 0 Å². The van der Waals surface area contributed by atoms with Crippen LogP contribution in [0.3, 0.4) is 0 Å². The summed E-state index contributed by atoms with van der Waals surface area (Å²) in [6.07, 6.45) is 5.92. The Labute approximate surface area is 133 Å². The summed E-state index contributed by atoms with van der Waals surface area (Å²) in [4.78, 5) is 12.0. The summed E-state index contributed by atoms with van der Waals surface area (Å²) in [6.45, 7) is 7.99. The zero-order valence-electron chi connectivity index (χ0n) is 13.8. The summed E-state index contributed by atoms with van der Waals surface area (Å²) in [5.74, 6) is 2.13. The lowest BCUT2D eigenvalue weighted by Crippen LogP contribution is -2.50. The van der Waals surface area contributed by atoms with Crippen molar-refractivity contribution in [3.8, 4) is 0 Å². The summed E-state index contributed by atoms with van der Waals surface area (Å²) >= 11 is 1.97. The van der Waals surface area contributed by atoms with Gasteiger partial charge in [-0.3, -0.25) is 4.79 Å². The molecule has 0 radical (unpaired) electrons. The second-order valence-corrected chi connectivity index (χ2v) is 6.90. The fraction of sp³-hybridized carbons (Fsp3) is 0.938. The minimum Gasteiger partial charge on any atom is -0.465 e. The topological polar surface area (TPSA) is 47.6 Å². The highest BCUT2D eigenvalue weighted by molar-refractivity contribution is 7.99. The molecule has 4 nitrogen and oxygen atoms in total. The van der Waals surface area contributed by atoms with Gasteiger partial charge >= 0.3 is 5.97 Å². The molecule has 1 fully saturated rings. The quantitative estimate of drug-likeness (QED) is 0.469. The molecule has 1 aliphatic heterocycles. The highest BCUT2D eigenvalue weighted by Gasteiger charge is 2.32. The normalized spacial score (nSPS) is 21.2. The standard InChI is InChI=1S/C16H31NO3S/c1-4-17-16(3,15(18)19-5-2)10-6-7-12-21-13-14-9-8-11-20-14/h14,17H,4-13H2,1-3H3. The predicted molar refractivity (Wildman–Crippen MR) is 88.9 cm³/mol. The van der Waals surface area contributed by atoms with E-state index in [0.717, 1.165) is 43.9 Å². The molecule has 0 amide bonds. The number of hydrogen-bond donors (Lipinski definition) is 1. The predicted octanol–water partition coefficient (Wildman–Crippen LogP) is 3.00. The first-order chi connectivity index (χ1) is 10.1. The van der Waals surface area contributed by atoms with Crippen LogP contribution in [0.15, 0.2) is 0 Å². The Morgan fingerprint density at radius 2 is 2.24 bits per heavy atom. The van der Waals surface area contributed by atoms with Gasteiger partial charge in [-0.15, -0.1) is 0 Å². The van der Waals surface area contributed by atoms with Crippen LogP contribution in [0, 0.1) is 0 Å². The first kappa shape index (κ1) is 18.8. The lowest BCUT2D eigenvalue weighted by atomic mass is 9.95. The van der Waals surface area contributed by atoms with Gasteiger partial charge < -0.3 is 14.8 Å². The van der Waals surface area contributed by atoms with Crippen molar-refractivity contribution < 1.29 is 14.3 Å². The van der Waals surface area contributed by atoms with Crippen molar-refractivity contribution in [2.75, 3.05) is 31.3 Å². The molecule has 2 atom stereocenters. The highest BCUT2D eigenvalue weighted by Crippen LogP contribution is 2.20. The van der Waals surface area contributed by atoms with Crippen LogP contribution in [0.4, 0.5) is 0 Å². The average molecular weight is 317 g/mol. The van der Waals surface area contributed by atoms with Crippen molar-refractivity contribution in [2.24, 2.45) is 0 Å². The largest absolute Gasteiger partial charge is 0.465 e. The lowest BCUT2D eigenvalue weighted by molar-refractivity contribution is -0.150. The SMILES string of the molecule is CCNC(C)(CCCCSCC1CCCO1)C(=O)OCC. The smallest absolute Gasteiger partial charge is 0.326 e. The van der Waals surface area contributed by atoms with Gasteiger partial charge in [-0.1, -0.05) is 13.3 Å². The number of rotatable bonds is 11. The molecule has 1 heterocycles. The van der Waals surface area contributed by atoms with E-state index in [1.807, 2.05) is 32.5 Å². The van der Waals surface area contributed by atoms with Crippen molar-refractivity contribution in [3.05, 3.63) is 0 Å². The third-order valence-corrected chi connectivity index (χ3v) is 5.02. The van der Waals surface area contributed by atoms with E-state index in [4.69, 9.17) is 9.47 Å². The molecule has 0 aromatic rings. The minimum atomic E-state index is -0.538. The Balaban J connectivity index is 2.15. The lowest BCUT2D eigenvalue weighted by Gasteiger charge is -2.28. The zero-order chi connectivity index (χ0) is 15.6. The van der Waals surface area contributed by atoms with Crippen molar-refractivity contribution in [1.29, 1.82) is 0 Å². The number of carbonyl (C=O) groups excluding carboxylic acids is 1. The molecule has 0 aromatic heterocycles. The maximum Gasteiger partial charge on any atom is 0.326 e. The van der Waals surface area contributed by atoms with Gasteiger partial charge in [0, 0.05) is 12.4 Å². The minimum absolute atomic E-state index is 0.126. The number of hydrogen-bond acceptors (Lipinski definition) is 5. The van der Waals surface area contributed by atoms with E-state index >= 15 is 0 Å². The molecule has 124 valence electrons. The molecule has 1 rings (SSSR count). The van der Waals surface area contributed by atoms with Crippen LogP contribution < -0.4 is 5.32 Å². The summed E-state index contributed by atoms with van der Waals surface area (Å²) in [5.41, 5.74) is -0.538. The molecular formula is C16H31NO3S. The maximum atomic E-state index is 12.0. The first-order valence-electron chi connectivity index (χ1n) is 8.24. The zero-order valence-corrected chi connectivity index (χ0v) is 14.6. The fourth-order valence-corrected chi connectivity index (χ4v) is 3.72. The molecule has 2 unspecified atom stereocenters. The Hall–Kier alpha value is -0.260. The number of carbonyl (C=O) groups is 1. The molecule has 0 bridgehead atoms. The molecule has 0 saturated carbocycles. The van der Waals surface area contributed by atoms with Crippen LogP contribution in [0.2, 0.25) is 0 Å². The summed E-state index contributed by atoms with van der Waals surface area (Å²) in [5, 5.41) is 3.28. The molecular weight excluding hydrogens is 286 g/mol. The van der Waals surface area contributed by atoms with Crippen molar-refractivity contribution in [2.45, 2.75) is 64.5 Å². The third kappa shape index (κ3) is 7.02. The number of unbranched alkanes of at least 4 members (excludes halogenated alkanes) is 1. The van der Waals surface area contributed by atoms with E-state index in [1.165, 1.54) is 12.8 Å². The molecule has 0 aliphatic carbocycles. The van der Waals surface area contributed by atoms with Gasteiger partial charge in [0.2, 0.25) is 0 Å². The van der Waals surface area contributed by atoms with Crippen molar-refractivity contribution in [3.63, 3.8) is 0 Å². The number of ether oxygens (including phenoxy) is 2. The number of nitrogens with one attached hydrogen (secondary N) is 1. The molecule has 1 N–H and O–H groups in total. The number of likely N-dealkylation sites (N-methyl/N-ethyl adjacent to an activating group) is 1. The molecule has 0 spiro atoms. The fourth-order valence-electron chi connectivity index (χ4n) is 2.62. The van der Waals surface area contributed by atoms with E-state index in [9.17, 15) is 4.79 Å². The highest BCUT2D eigenvalue weighted by atomic mass is 32.2. The summed E-state index contributed by atoms with van der Waals surface area (Å²) < 4.78 is 10.8. The van der Waals surface area contributed by atoms with E-state index in [2.05, 4.69) is 5.32 Å². The third-order valence-electron chi connectivity index (χ3n) is 3.84. The average Bonchev–Trinajstić information content (AvgIpc) is 2.96. The van der Waals surface area contributed by atoms with Gasteiger partial charge in [0.1, 0.15) is 5.54 Å². The Bertz CT molecular complexity index is 295. The molecule has 1 aliphatic rings. The second kappa shape index (κ2) is 10.5. The Morgan fingerprint density at radius 3 is 2.86 bits per heavy atom. The van der Waals surface area contributed by atoms with Gasteiger partial charge in [0.05, 0.1) is 12.7 Å². The Kier molecular flexibility index (Phi) is 9.36. The first-order valence-corrected chi connectivity index (χ1v) is 9.39. The number of esters is 1. The number of thioether (sulfide) groups is 1. The second-order valence-electron chi connectivity index (χ2n) is 5.75. The Morgan fingerprint density at radius 1 is 1.43 bits per heavy atom. The van der Waals surface area contributed by atoms with Crippen molar-refractivity contribution in [1.82, 2.24) is 5.32 Å². The van der Waals surface area contributed by atoms with Gasteiger partial charge in [-0.25, -0.2) is 0 Å². The summed E-state index contributed by atoms with van der Waals surface area (Å²) in [7, 11) is 0. The molecule has 0 aromatic carbocycles. The molecule has 21 heavy (non-hydrogen) atoms. The molecule has 1 saturated heterocycles. The monoisotopic (exact) mass is 317 g/mol. The van der Waals surface area contributed by atoms with Crippen LogP contribution >= 0.6 is 11.8 Å².